The third-order valence-electron chi connectivity index (χ3n) is 3.61. The van der Waals surface area contributed by atoms with E-state index >= 15 is 0 Å². The lowest BCUT2D eigenvalue weighted by molar-refractivity contribution is -0.117. The molecule has 1 aliphatic heterocycles. The number of carbonyl (C=O) groups is 1. The van der Waals surface area contributed by atoms with E-state index in [9.17, 15) is 9.18 Å². The molecule has 1 saturated heterocycles. The van der Waals surface area contributed by atoms with E-state index < -0.39 is 5.82 Å². The van der Waals surface area contributed by atoms with Crippen molar-refractivity contribution < 1.29 is 9.18 Å². The Labute approximate surface area is 135 Å². The van der Waals surface area contributed by atoms with Crippen LogP contribution in [0.3, 0.4) is 0 Å². The first-order valence-corrected chi connectivity index (χ1v) is 7.13. The lowest BCUT2D eigenvalue weighted by Crippen LogP contribution is -2.40. The smallest absolute Gasteiger partial charge is 0.238 e. The Balaban J connectivity index is 0.00000220. The van der Waals surface area contributed by atoms with Crippen LogP contribution in [0.25, 0.3) is 0 Å². The van der Waals surface area contributed by atoms with Crippen molar-refractivity contribution in [3.8, 4) is 0 Å². The number of nitrogens with two attached hydrogens (primary N) is 1. The Morgan fingerprint density at radius 2 is 2.10 bits per heavy atom. The van der Waals surface area contributed by atoms with Crippen LogP contribution in [-0.4, -0.2) is 37.0 Å². The van der Waals surface area contributed by atoms with Gasteiger partial charge in [0.05, 0.1) is 17.3 Å². The molecule has 1 aliphatic rings. The number of likely N-dealkylation sites (tertiary alicyclic amines) is 1. The maximum Gasteiger partial charge on any atom is 0.238 e. The lowest BCUT2D eigenvalue weighted by Gasteiger charge is -2.30. The maximum absolute atomic E-state index is 12.9. The summed E-state index contributed by atoms with van der Waals surface area (Å²) in [5.41, 5.74) is 6.08. The summed E-state index contributed by atoms with van der Waals surface area (Å²) in [5, 5.41) is 2.91. The molecule has 7 heteroatoms. The predicted molar refractivity (Wildman–Crippen MR) is 85.5 cm³/mol. The van der Waals surface area contributed by atoms with Gasteiger partial charge in [0, 0.05) is 0 Å². The highest BCUT2D eigenvalue weighted by Gasteiger charge is 2.20. The van der Waals surface area contributed by atoms with Crippen LogP contribution in [0.4, 0.5) is 10.1 Å². The highest BCUT2D eigenvalue weighted by molar-refractivity contribution is 6.33. The van der Waals surface area contributed by atoms with Crippen LogP contribution in [-0.2, 0) is 4.79 Å². The molecule has 0 unspecified atom stereocenters. The number of benzene rings is 1. The minimum Gasteiger partial charge on any atom is -0.330 e. The van der Waals surface area contributed by atoms with Gasteiger partial charge in [-0.2, -0.15) is 0 Å². The van der Waals surface area contributed by atoms with Crippen molar-refractivity contribution in [3.05, 3.63) is 29.0 Å². The molecule has 0 atom stereocenters. The minimum absolute atomic E-state index is 0. The minimum atomic E-state index is -0.420. The summed E-state index contributed by atoms with van der Waals surface area (Å²) >= 11 is 5.87. The van der Waals surface area contributed by atoms with E-state index in [1.165, 1.54) is 18.2 Å². The van der Waals surface area contributed by atoms with Crippen LogP contribution in [0.2, 0.25) is 5.02 Å². The van der Waals surface area contributed by atoms with Crippen molar-refractivity contribution in [1.29, 1.82) is 0 Å². The van der Waals surface area contributed by atoms with Gasteiger partial charge >= 0.3 is 0 Å². The second-order valence-electron chi connectivity index (χ2n) is 5.13. The zero-order chi connectivity index (χ0) is 14.5. The fourth-order valence-corrected chi connectivity index (χ4v) is 2.58. The van der Waals surface area contributed by atoms with E-state index in [-0.39, 0.29) is 23.3 Å². The molecule has 4 nitrogen and oxygen atoms in total. The van der Waals surface area contributed by atoms with E-state index in [1.807, 2.05) is 0 Å². The summed E-state index contributed by atoms with van der Waals surface area (Å²) < 4.78 is 12.9. The molecule has 21 heavy (non-hydrogen) atoms. The zero-order valence-electron chi connectivity index (χ0n) is 11.6. The molecule has 0 spiro atoms. The second-order valence-corrected chi connectivity index (χ2v) is 5.53. The third-order valence-corrected chi connectivity index (χ3v) is 3.93. The Kier molecular flexibility index (Phi) is 7.39. The average molecular weight is 336 g/mol. The Morgan fingerprint density at radius 3 is 2.67 bits per heavy atom. The monoisotopic (exact) mass is 335 g/mol. The van der Waals surface area contributed by atoms with Crippen molar-refractivity contribution in [2.75, 3.05) is 31.5 Å². The summed E-state index contributed by atoms with van der Waals surface area (Å²) in [5.74, 6) is 0.0161. The number of anilines is 1. The highest BCUT2D eigenvalue weighted by Crippen LogP contribution is 2.22. The second kappa shape index (κ2) is 8.54. The normalized spacial score (nSPS) is 16.3. The zero-order valence-corrected chi connectivity index (χ0v) is 13.2. The van der Waals surface area contributed by atoms with Crippen LogP contribution in [0.5, 0.6) is 0 Å². The molecule has 1 heterocycles. The van der Waals surface area contributed by atoms with Crippen LogP contribution in [0.15, 0.2) is 18.2 Å². The van der Waals surface area contributed by atoms with Gasteiger partial charge in [-0.15, -0.1) is 12.4 Å². The summed E-state index contributed by atoms with van der Waals surface area (Å²) in [7, 11) is 0. The summed E-state index contributed by atoms with van der Waals surface area (Å²) in [6.07, 6.45) is 2.06. The molecule has 1 amide bonds. The first-order chi connectivity index (χ1) is 9.58. The molecule has 118 valence electrons. The van der Waals surface area contributed by atoms with Crippen molar-refractivity contribution in [3.63, 3.8) is 0 Å². The van der Waals surface area contributed by atoms with Crippen LogP contribution in [0.1, 0.15) is 12.8 Å². The fourth-order valence-electron chi connectivity index (χ4n) is 2.36. The van der Waals surface area contributed by atoms with Crippen molar-refractivity contribution >= 4 is 35.6 Å². The summed E-state index contributed by atoms with van der Waals surface area (Å²) in [6.45, 7) is 2.80. The molecule has 0 radical (unpaired) electrons. The van der Waals surface area contributed by atoms with Gasteiger partial charge in [-0.3, -0.25) is 9.69 Å². The molecule has 0 bridgehead atoms. The van der Waals surface area contributed by atoms with Gasteiger partial charge in [0.1, 0.15) is 5.82 Å². The quantitative estimate of drug-likeness (QED) is 0.888. The van der Waals surface area contributed by atoms with E-state index in [0.29, 0.717) is 24.7 Å². The van der Waals surface area contributed by atoms with Gasteiger partial charge in [0.2, 0.25) is 5.91 Å². The first kappa shape index (κ1) is 18.2. The number of nitrogens with one attached hydrogen (secondary N) is 1. The van der Waals surface area contributed by atoms with Crippen LogP contribution < -0.4 is 11.1 Å². The topological polar surface area (TPSA) is 58.4 Å². The highest BCUT2D eigenvalue weighted by atomic mass is 35.5. The number of carbonyl (C=O) groups excluding carboxylic acids is 1. The van der Waals surface area contributed by atoms with Crippen LogP contribution >= 0.6 is 24.0 Å². The number of piperidine rings is 1. The Bertz CT molecular complexity index is 479. The molecule has 1 fully saturated rings. The van der Waals surface area contributed by atoms with Crippen molar-refractivity contribution in [2.45, 2.75) is 12.8 Å². The standard InChI is InChI=1S/C14H19ClFN3O.ClH/c15-12-7-11(16)1-2-13(12)18-14(20)9-19-5-3-10(8-17)4-6-19;/h1-2,7,10H,3-6,8-9,17H2,(H,18,20);1H. The van der Waals surface area contributed by atoms with Crippen LogP contribution in [0, 0.1) is 11.7 Å². The number of hydrogen-bond donors (Lipinski definition) is 2. The molecular formula is C14H20Cl2FN3O. The van der Waals surface area contributed by atoms with Gasteiger partial charge in [-0.05, 0) is 56.6 Å². The SMILES string of the molecule is Cl.NCC1CCN(CC(=O)Nc2ccc(F)cc2Cl)CC1. The molecule has 0 saturated carbocycles. The van der Waals surface area contributed by atoms with Crippen molar-refractivity contribution in [2.24, 2.45) is 11.7 Å². The summed E-state index contributed by atoms with van der Waals surface area (Å²) in [6, 6.07) is 3.92. The van der Waals surface area contributed by atoms with E-state index in [1.54, 1.807) is 0 Å². The number of amides is 1. The lowest BCUT2D eigenvalue weighted by atomic mass is 9.97. The van der Waals surface area contributed by atoms with Gasteiger partial charge in [-0.1, -0.05) is 11.6 Å². The number of halogens is 3. The molecule has 1 aromatic rings. The van der Waals surface area contributed by atoms with Gasteiger partial charge in [-0.25, -0.2) is 4.39 Å². The first-order valence-electron chi connectivity index (χ1n) is 6.76. The molecule has 2 rings (SSSR count). The third kappa shape index (κ3) is 5.43. The van der Waals surface area contributed by atoms with Crippen molar-refractivity contribution in [1.82, 2.24) is 4.90 Å². The van der Waals surface area contributed by atoms with E-state index in [2.05, 4.69) is 10.2 Å². The molecule has 3 N–H and O–H groups in total. The maximum atomic E-state index is 12.9. The fraction of sp³-hybridized carbons (Fsp3) is 0.500. The Morgan fingerprint density at radius 1 is 1.43 bits per heavy atom. The van der Waals surface area contributed by atoms with Gasteiger partial charge in [0.25, 0.3) is 0 Å². The number of hydrogen-bond acceptors (Lipinski definition) is 3. The van der Waals surface area contributed by atoms with Gasteiger partial charge < -0.3 is 11.1 Å². The predicted octanol–water partition coefficient (Wildman–Crippen LogP) is 2.51. The average Bonchev–Trinajstić information content (AvgIpc) is 2.43. The Hall–Kier alpha value is -0.880. The van der Waals surface area contributed by atoms with E-state index in [4.69, 9.17) is 17.3 Å². The van der Waals surface area contributed by atoms with Gasteiger partial charge in [0.15, 0.2) is 0 Å². The molecule has 0 aromatic heterocycles. The number of rotatable bonds is 4. The summed E-state index contributed by atoms with van der Waals surface area (Å²) in [4.78, 5) is 14.0. The number of nitrogens with zero attached hydrogens (tertiary/aromatic N) is 1. The largest absolute Gasteiger partial charge is 0.330 e. The molecule has 1 aromatic carbocycles. The van der Waals surface area contributed by atoms with E-state index in [0.717, 1.165) is 25.9 Å². The molecule has 0 aliphatic carbocycles. The molecular weight excluding hydrogens is 316 g/mol.